The van der Waals surface area contributed by atoms with E-state index >= 15 is 0 Å². The van der Waals surface area contributed by atoms with Crippen molar-refractivity contribution in [2.75, 3.05) is 25.2 Å². The summed E-state index contributed by atoms with van der Waals surface area (Å²) in [4.78, 5) is 33.2. The monoisotopic (exact) mass is 465 g/mol. The zero-order valence-electron chi connectivity index (χ0n) is 18.7. The largest absolute Gasteiger partial charge is 0.475 e. The first kappa shape index (κ1) is 22.9. The SMILES string of the molecule is COCCOc1ccc(CNC(=O)C2CC(=O)N(c3ccc(C)cc3)C2c2cccs2)cn1. The quantitative estimate of drug-likeness (QED) is 0.485. The lowest BCUT2D eigenvalue weighted by molar-refractivity contribution is -0.126. The van der Waals surface area contributed by atoms with Gasteiger partial charge in [0.15, 0.2) is 0 Å². The van der Waals surface area contributed by atoms with Crippen LogP contribution in [0.3, 0.4) is 0 Å². The number of pyridine rings is 1. The number of nitrogens with zero attached hydrogens (tertiary/aromatic N) is 2. The maximum absolute atomic E-state index is 13.2. The van der Waals surface area contributed by atoms with Crippen LogP contribution in [0.15, 0.2) is 60.1 Å². The Bertz CT molecular complexity index is 1070. The normalized spacial score (nSPS) is 17.9. The first-order valence-corrected chi connectivity index (χ1v) is 11.7. The first-order chi connectivity index (χ1) is 16.1. The molecule has 1 saturated heterocycles. The molecule has 172 valence electrons. The van der Waals surface area contributed by atoms with Crippen LogP contribution in [-0.2, 0) is 20.9 Å². The van der Waals surface area contributed by atoms with Crippen molar-refractivity contribution in [2.24, 2.45) is 5.92 Å². The predicted molar refractivity (Wildman–Crippen MR) is 127 cm³/mol. The van der Waals surface area contributed by atoms with Gasteiger partial charge >= 0.3 is 0 Å². The molecule has 0 bridgehead atoms. The second-order valence-electron chi connectivity index (χ2n) is 7.93. The number of rotatable bonds is 9. The highest BCUT2D eigenvalue weighted by molar-refractivity contribution is 7.10. The maximum Gasteiger partial charge on any atom is 0.228 e. The molecule has 4 rings (SSSR count). The van der Waals surface area contributed by atoms with Crippen LogP contribution < -0.4 is 15.0 Å². The molecule has 0 radical (unpaired) electrons. The molecule has 2 aromatic heterocycles. The minimum Gasteiger partial charge on any atom is -0.475 e. The Balaban J connectivity index is 1.46. The van der Waals surface area contributed by atoms with E-state index in [1.165, 1.54) is 0 Å². The number of hydrogen-bond acceptors (Lipinski definition) is 6. The molecule has 2 amide bonds. The second-order valence-corrected chi connectivity index (χ2v) is 8.91. The van der Waals surface area contributed by atoms with Gasteiger partial charge in [0.25, 0.3) is 0 Å². The summed E-state index contributed by atoms with van der Waals surface area (Å²) in [5, 5.41) is 4.97. The first-order valence-electron chi connectivity index (χ1n) is 10.8. The van der Waals surface area contributed by atoms with Crippen molar-refractivity contribution in [2.45, 2.75) is 25.9 Å². The molecular formula is C25H27N3O4S. The average Bonchev–Trinajstić information content (AvgIpc) is 3.47. The average molecular weight is 466 g/mol. The predicted octanol–water partition coefficient (Wildman–Crippen LogP) is 3.89. The lowest BCUT2D eigenvalue weighted by Gasteiger charge is -2.27. The number of anilines is 1. The summed E-state index contributed by atoms with van der Waals surface area (Å²) in [7, 11) is 1.61. The van der Waals surface area contributed by atoms with Crippen molar-refractivity contribution >= 4 is 28.8 Å². The Hall–Kier alpha value is -3.23. The van der Waals surface area contributed by atoms with Gasteiger partial charge in [-0.2, -0.15) is 0 Å². The topological polar surface area (TPSA) is 80.8 Å². The number of benzene rings is 1. The van der Waals surface area contributed by atoms with E-state index in [0.29, 0.717) is 25.6 Å². The fourth-order valence-electron chi connectivity index (χ4n) is 3.92. The highest BCUT2D eigenvalue weighted by atomic mass is 32.1. The lowest BCUT2D eigenvalue weighted by Crippen LogP contribution is -2.35. The molecule has 0 spiro atoms. The van der Waals surface area contributed by atoms with Crippen LogP contribution in [-0.4, -0.2) is 37.1 Å². The molecule has 1 N–H and O–H groups in total. The third-order valence-corrected chi connectivity index (χ3v) is 6.55. The minimum absolute atomic E-state index is 0.0448. The third kappa shape index (κ3) is 5.40. The van der Waals surface area contributed by atoms with Gasteiger partial charge in [0.2, 0.25) is 17.7 Å². The summed E-state index contributed by atoms with van der Waals surface area (Å²) < 4.78 is 10.4. The lowest BCUT2D eigenvalue weighted by atomic mass is 9.97. The van der Waals surface area contributed by atoms with E-state index < -0.39 is 5.92 Å². The van der Waals surface area contributed by atoms with Gasteiger partial charge < -0.3 is 19.7 Å². The number of carbonyl (C=O) groups excluding carboxylic acids is 2. The molecule has 3 aromatic rings. The van der Waals surface area contributed by atoms with Gasteiger partial charge in [-0.15, -0.1) is 11.3 Å². The number of amides is 2. The van der Waals surface area contributed by atoms with Gasteiger partial charge in [-0.05, 0) is 36.1 Å². The molecule has 1 fully saturated rings. The number of carbonyl (C=O) groups is 2. The van der Waals surface area contributed by atoms with Gasteiger partial charge in [0, 0.05) is 42.9 Å². The van der Waals surface area contributed by atoms with E-state index in [1.807, 2.05) is 54.8 Å². The van der Waals surface area contributed by atoms with Crippen LogP contribution in [0.4, 0.5) is 5.69 Å². The van der Waals surface area contributed by atoms with E-state index in [4.69, 9.17) is 9.47 Å². The number of methoxy groups -OCH3 is 1. The van der Waals surface area contributed by atoms with Crippen LogP contribution in [0.5, 0.6) is 5.88 Å². The number of ether oxygens (including phenoxy) is 2. The fourth-order valence-corrected chi connectivity index (χ4v) is 4.80. The molecule has 7 nitrogen and oxygen atoms in total. The Labute approximate surface area is 197 Å². The summed E-state index contributed by atoms with van der Waals surface area (Å²) >= 11 is 1.56. The Kier molecular flexibility index (Phi) is 7.36. The highest BCUT2D eigenvalue weighted by Gasteiger charge is 2.45. The molecule has 0 aliphatic carbocycles. The van der Waals surface area contributed by atoms with Crippen molar-refractivity contribution in [3.05, 3.63) is 76.1 Å². The van der Waals surface area contributed by atoms with Crippen molar-refractivity contribution in [1.29, 1.82) is 0 Å². The Morgan fingerprint density at radius 1 is 1.18 bits per heavy atom. The molecule has 0 saturated carbocycles. The smallest absolute Gasteiger partial charge is 0.228 e. The summed E-state index contributed by atoms with van der Waals surface area (Å²) in [5.74, 6) is -0.148. The van der Waals surface area contributed by atoms with Crippen LogP contribution in [0, 0.1) is 12.8 Å². The van der Waals surface area contributed by atoms with E-state index in [0.717, 1.165) is 21.7 Å². The summed E-state index contributed by atoms with van der Waals surface area (Å²) in [6, 6.07) is 15.1. The van der Waals surface area contributed by atoms with Crippen LogP contribution in [0.25, 0.3) is 0 Å². The van der Waals surface area contributed by atoms with Gasteiger partial charge in [0.1, 0.15) is 6.61 Å². The Morgan fingerprint density at radius 3 is 2.67 bits per heavy atom. The molecule has 1 aromatic carbocycles. The number of nitrogens with one attached hydrogen (secondary N) is 1. The molecule has 3 heterocycles. The molecular weight excluding hydrogens is 438 g/mol. The number of aryl methyl sites for hydroxylation is 1. The minimum atomic E-state index is -0.470. The van der Waals surface area contributed by atoms with Crippen LogP contribution in [0.2, 0.25) is 0 Å². The van der Waals surface area contributed by atoms with Crippen molar-refractivity contribution in [3.63, 3.8) is 0 Å². The molecule has 2 unspecified atom stereocenters. The fraction of sp³-hybridized carbons (Fsp3) is 0.320. The van der Waals surface area contributed by atoms with Crippen LogP contribution >= 0.6 is 11.3 Å². The Morgan fingerprint density at radius 2 is 2.00 bits per heavy atom. The zero-order chi connectivity index (χ0) is 23.2. The maximum atomic E-state index is 13.2. The van der Waals surface area contributed by atoms with Gasteiger partial charge in [-0.25, -0.2) is 4.98 Å². The zero-order valence-corrected chi connectivity index (χ0v) is 19.5. The summed E-state index contributed by atoms with van der Waals surface area (Å²) in [6.07, 6.45) is 1.85. The van der Waals surface area contributed by atoms with Crippen LogP contribution in [0.1, 0.15) is 28.5 Å². The molecule has 1 aliphatic heterocycles. The molecule has 1 aliphatic rings. The standard InChI is InChI=1S/C25H27N3O4S/c1-17-5-8-19(9-6-17)28-23(29)14-20(24(28)21-4-3-13-33-21)25(30)27-16-18-7-10-22(26-15-18)32-12-11-31-2/h3-10,13,15,20,24H,11-12,14,16H2,1-2H3,(H,27,30). The van der Waals surface area contributed by atoms with E-state index in [2.05, 4.69) is 10.3 Å². The van der Waals surface area contributed by atoms with Gasteiger partial charge in [0.05, 0.1) is 18.6 Å². The van der Waals surface area contributed by atoms with Gasteiger partial charge in [-0.1, -0.05) is 29.8 Å². The van der Waals surface area contributed by atoms with Gasteiger partial charge in [-0.3, -0.25) is 9.59 Å². The van der Waals surface area contributed by atoms with E-state index in [9.17, 15) is 9.59 Å². The third-order valence-electron chi connectivity index (χ3n) is 5.61. The number of aromatic nitrogens is 1. The summed E-state index contributed by atoms with van der Waals surface area (Å²) in [6.45, 7) is 3.26. The summed E-state index contributed by atoms with van der Waals surface area (Å²) in [5.41, 5.74) is 2.79. The number of thiophene rings is 1. The van der Waals surface area contributed by atoms with Crippen molar-refractivity contribution in [3.8, 4) is 5.88 Å². The van der Waals surface area contributed by atoms with Crippen molar-refractivity contribution < 1.29 is 19.1 Å². The second kappa shape index (κ2) is 10.6. The number of hydrogen-bond donors (Lipinski definition) is 1. The molecule has 8 heteroatoms. The highest BCUT2D eigenvalue weighted by Crippen LogP contribution is 2.43. The molecule has 33 heavy (non-hydrogen) atoms. The van der Waals surface area contributed by atoms with Crippen molar-refractivity contribution in [1.82, 2.24) is 10.3 Å². The van der Waals surface area contributed by atoms with E-state index in [1.54, 1.807) is 35.6 Å². The molecule has 2 atom stereocenters. The van der Waals surface area contributed by atoms with E-state index in [-0.39, 0.29) is 24.3 Å².